The van der Waals surface area contributed by atoms with Gasteiger partial charge >= 0.3 is 0 Å². The highest BCUT2D eigenvalue weighted by atomic mass is 35.5. The standard InChI is InChI=1S/C15H24ClN/c1-2-3-4-5-6-7-11-17-13-14-9-8-10-15(16)12-14/h8-10,12,17H,2-7,11,13H2,1H3. The van der Waals surface area contributed by atoms with Crippen molar-refractivity contribution in [2.24, 2.45) is 0 Å². The van der Waals surface area contributed by atoms with Crippen molar-refractivity contribution in [3.05, 3.63) is 34.9 Å². The molecule has 1 rings (SSSR count). The lowest BCUT2D eigenvalue weighted by Crippen LogP contribution is -2.14. The van der Waals surface area contributed by atoms with Gasteiger partial charge in [-0.3, -0.25) is 0 Å². The Balaban J connectivity index is 1.97. The first-order valence-electron chi connectivity index (χ1n) is 6.78. The summed E-state index contributed by atoms with van der Waals surface area (Å²) in [5.41, 5.74) is 1.27. The van der Waals surface area contributed by atoms with E-state index in [1.165, 1.54) is 44.1 Å². The summed E-state index contributed by atoms with van der Waals surface area (Å²) in [6.07, 6.45) is 8.12. The molecule has 0 aliphatic carbocycles. The fourth-order valence-corrected chi connectivity index (χ4v) is 2.12. The van der Waals surface area contributed by atoms with E-state index >= 15 is 0 Å². The molecule has 0 atom stereocenters. The second-order valence-electron chi connectivity index (χ2n) is 4.57. The van der Waals surface area contributed by atoms with Crippen LogP contribution in [0.2, 0.25) is 5.02 Å². The van der Waals surface area contributed by atoms with Gasteiger partial charge in [0.2, 0.25) is 0 Å². The third-order valence-corrected chi connectivity index (χ3v) is 3.16. The molecule has 1 aromatic carbocycles. The van der Waals surface area contributed by atoms with E-state index in [-0.39, 0.29) is 0 Å². The second-order valence-corrected chi connectivity index (χ2v) is 5.01. The van der Waals surface area contributed by atoms with Crippen LogP contribution >= 0.6 is 11.6 Å². The van der Waals surface area contributed by atoms with Crippen molar-refractivity contribution in [2.75, 3.05) is 6.54 Å². The minimum atomic E-state index is 0.823. The summed E-state index contributed by atoms with van der Waals surface area (Å²) >= 11 is 5.93. The topological polar surface area (TPSA) is 12.0 Å². The molecule has 0 spiro atoms. The SMILES string of the molecule is CCCCCCCCNCc1cccc(Cl)c1. The number of unbranched alkanes of at least 4 members (excludes halogenated alkanes) is 5. The van der Waals surface area contributed by atoms with Gasteiger partial charge in [0.15, 0.2) is 0 Å². The number of benzene rings is 1. The Morgan fingerprint density at radius 2 is 1.82 bits per heavy atom. The molecule has 1 N–H and O–H groups in total. The van der Waals surface area contributed by atoms with Gasteiger partial charge < -0.3 is 5.32 Å². The lowest BCUT2D eigenvalue weighted by atomic mass is 10.1. The highest BCUT2D eigenvalue weighted by Gasteiger charge is 1.94. The number of hydrogen-bond acceptors (Lipinski definition) is 1. The minimum Gasteiger partial charge on any atom is -0.313 e. The van der Waals surface area contributed by atoms with Gasteiger partial charge in [0.25, 0.3) is 0 Å². The fourth-order valence-electron chi connectivity index (χ4n) is 1.91. The zero-order valence-corrected chi connectivity index (χ0v) is 11.6. The fraction of sp³-hybridized carbons (Fsp3) is 0.600. The van der Waals surface area contributed by atoms with Crippen molar-refractivity contribution in [3.8, 4) is 0 Å². The van der Waals surface area contributed by atoms with Gasteiger partial charge in [-0.1, -0.05) is 62.8 Å². The number of nitrogens with one attached hydrogen (secondary N) is 1. The van der Waals surface area contributed by atoms with Crippen molar-refractivity contribution in [1.82, 2.24) is 5.32 Å². The molecule has 0 unspecified atom stereocenters. The molecule has 0 radical (unpaired) electrons. The zero-order valence-electron chi connectivity index (χ0n) is 10.8. The molecule has 0 aliphatic heterocycles. The van der Waals surface area contributed by atoms with Gasteiger partial charge in [-0.05, 0) is 30.7 Å². The zero-order chi connectivity index (χ0) is 12.3. The van der Waals surface area contributed by atoms with E-state index in [4.69, 9.17) is 11.6 Å². The van der Waals surface area contributed by atoms with Crippen molar-refractivity contribution in [2.45, 2.75) is 52.0 Å². The van der Waals surface area contributed by atoms with Crippen LogP contribution < -0.4 is 5.32 Å². The predicted octanol–water partition coefficient (Wildman–Crippen LogP) is 4.79. The van der Waals surface area contributed by atoms with Crippen LogP contribution in [0, 0.1) is 0 Å². The lowest BCUT2D eigenvalue weighted by Gasteiger charge is -2.05. The first kappa shape index (κ1) is 14.5. The van der Waals surface area contributed by atoms with Gasteiger partial charge in [-0.25, -0.2) is 0 Å². The van der Waals surface area contributed by atoms with Crippen LogP contribution in [0.4, 0.5) is 0 Å². The summed E-state index contributed by atoms with van der Waals surface area (Å²) in [4.78, 5) is 0. The van der Waals surface area contributed by atoms with E-state index in [9.17, 15) is 0 Å². The van der Waals surface area contributed by atoms with Gasteiger partial charge in [0, 0.05) is 11.6 Å². The highest BCUT2D eigenvalue weighted by molar-refractivity contribution is 6.30. The molecular weight excluding hydrogens is 230 g/mol. The molecule has 1 nitrogen and oxygen atoms in total. The summed E-state index contributed by atoms with van der Waals surface area (Å²) in [6, 6.07) is 8.05. The summed E-state index contributed by atoms with van der Waals surface area (Å²) in [5.74, 6) is 0. The van der Waals surface area contributed by atoms with E-state index in [1.54, 1.807) is 0 Å². The smallest absolute Gasteiger partial charge is 0.0409 e. The number of rotatable bonds is 9. The van der Waals surface area contributed by atoms with E-state index in [0.717, 1.165) is 18.1 Å². The molecule has 17 heavy (non-hydrogen) atoms. The highest BCUT2D eigenvalue weighted by Crippen LogP contribution is 2.10. The number of halogens is 1. The van der Waals surface area contributed by atoms with E-state index in [1.807, 2.05) is 18.2 Å². The van der Waals surface area contributed by atoms with Crippen molar-refractivity contribution in [1.29, 1.82) is 0 Å². The normalized spacial score (nSPS) is 10.7. The molecule has 0 heterocycles. The molecule has 1 aromatic rings. The van der Waals surface area contributed by atoms with Crippen LogP contribution in [-0.4, -0.2) is 6.54 Å². The molecule has 0 amide bonds. The Bertz CT molecular complexity index is 299. The van der Waals surface area contributed by atoms with E-state index in [0.29, 0.717) is 0 Å². The van der Waals surface area contributed by atoms with E-state index < -0.39 is 0 Å². The third-order valence-electron chi connectivity index (χ3n) is 2.93. The van der Waals surface area contributed by atoms with Crippen LogP contribution in [0.25, 0.3) is 0 Å². The van der Waals surface area contributed by atoms with Crippen molar-refractivity contribution >= 4 is 11.6 Å². The number of hydrogen-bond donors (Lipinski definition) is 1. The Morgan fingerprint density at radius 1 is 1.06 bits per heavy atom. The lowest BCUT2D eigenvalue weighted by molar-refractivity contribution is 0.572. The molecule has 0 saturated carbocycles. The van der Waals surface area contributed by atoms with Crippen LogP contribution in [0.5, 0.6) is 0 Å². The molecule has 0 fully saturated rings. The summed E-state index contributed by atoms with van der Waals surface area (Å²) in [5, 5.41) is 4.28. The first-order chi connectivity index (χ1) is 8.33. The largest absolute Gasteiger partial charge is 0.313 e. The van der Waals surface area contributed by atoms with Gasteiger partial charge in [-0.2, -0.15) is 0 Å². The average molecular weight is 254 g/mol. The maximum absolute atomic E-state index is 5.93. The van der Waals surface area contributed by atoms with Crippen molar-refractivity contribution in [3.63, 3.8) is 0 Å². The summed E-state index contributed by atoms with van der Waals surface area (Å²) < 4.78 is 0. The Morgan fingerprint density at radius 3 is 2.59 bits per heavy atom. The van der Waals surface area contributed by atoms with Crippen LogP contribution in [-0.2, 0) is 6.54 Å². The maximum atomic E-state index is 5.93. The Hall–Kier alpha value is -0.530. The molecule has 2 heteroatoms. The summed E-state index contributed by atoms with van der Waals surface area (Å²) in [6.45, 7) is 4.29. The summed E-state index contributed by atoms with van der Waals surface area (Å²) in [7, 11) is 0. The third kappa shape index (κ3) is 7.40. The van der Waals surface area contributed by atoms with Gasteiger partial charge in [0.1, 0.15) is 0 Å². The minimum absolute atomic E-state index is 0.823. The van der Waals surface area contributed by atoms with Gasteiger partial charge in [0.05, 0.1) is 0 Å². The van der Waals surface area contributed by atoms with Crippen molar-refractivity contribution < 1.29 is 0 Å². The Kier molecular flexibility index (Phi) is 8.12. The molecule has 96 valence electrons. The molecule has 0 aliphatic rings. The quantitative estimate of drug-likeness (QED) is 0.624. The average Bonchev–Trinajstić information content (AvgIpc) is 2.33. The Labute approximate surface area is 111 Å². The molecular formula is C15H24ClN. The molecule has 0 saturated heterocycles. The van der Waals surface area contributed by atoms with Gasteiger partial charge in [-0.15, -0.1) is 0 Å². The maximum Gasteiger partial charge on any atom is 0.0409 e. The van der Waals surface area contributed by atoms with Crippen LogP contribution in [0.1, 0.15) is 51.0 Å². The first-order valence-corrected chi connectivity index (χ1v) is 7.16. The molecule has 0 aromatic heterocycles. The molecule has 0 bridgehead atoms. The van der Waals surface area contributed by atoms with Crippen LogP contribution in [0.3, 0.4) is 0 Å². The monoisotopic (exact) mass is 253 g/mol. The van der Waals surface area contributed by atoms with E-state index in [2.05, 4.69) is 18.3 Å². The predicted molar refractivity (Wildman–Crippen MR) is 76.5 cm³/mol. The van der Waals surface area contributed by atoms with Crippen LogP contribution in [0.15, 0.2) is 24.3 Å². The second kappa shape index (κ2) is 9.49.